The molecule has 0 saturated heterocycles. The zero-order valence-electron chi connectivity index (χ0n) is 12.4. The molecule has 1 N–H and O–H groups in total. The van der Waals surface area contributed by atoms with Crippen LogP contribution in [0.5, 0.6) is 0 Å². The number of hydrogen-bond donors (Lipinski definition) is 1. The van der Waals surface area contributed by atoms with E-state index in [0.717, 1.165) is 6.21 Å². The van der Waals surface area contributed by atoms with Gasteiger partial charge >= 0.3 is 0 Å². The summed E-state index contributed by atoms with van der Waals surface area (Å²) < 4.78 is 15.2. The standard InChI is InChI=1S/C16H11Cl2FN4O/c1-9-15(23-8-10(17)5-6-14(23)21-9)16(24)22-20-7-11-12(18)3-2-4-13(11)19/h2-8H,1H3,(H,22,24)/b20-7-. The van der Waals surface area contributed by atoms with Gasteiger partial charge in [-0.25, -0.2) is 14.8 Å². The summed E-state index contributed by atoms with van der Waals surface area (Å²) in [5, 5.41) is 4.43. The lowest BCUT2D eigenvalue weighted by molar-refractivity contribution is 0.0948. The van der Waals surface area contributed by atoms with Gasteiger partial charge in [-0.2, -0.15) is 5.10 Å². The first-order valence-electron chi connectivity index (χ1n) is 6.89. The van der Waals surface area contributed by atoms with Crippen LogP contribution in [0.15, 0.2) is 41.6 Å². The SMILES string of the molecule is Cc1nc2ccc(Cl)cn2c1C(=O)N/N=C\c1c(F)cccc1Cl. The number of hydrazone groups is 1. The molecule has 2 heterocycles. The van der Waals surface area contributed by atoms with Gasteiger partial charge in [0.2, 0.25) is 0 Å². The van der Waals surface area contributed by atoms with E-state index in [-0.39, 0.29) is 10.6 Å². The van der Waals surface area contributed by atoms with Gasteiger partial charge in [-0.05, 0) is 31.2 Å². The second-order valence-corrected chi connectivity index (χ2v) is 5.80. The van der Waals surface area contributed by atoms with E-state index in [0.29, 0.717) is 22.1 Å². The van der Waals surface area contributed by atoms with Crippen molar-refractivity contribution in [2.75, 3.05) is 0 Å². The molecule has 0 aliphatic heterocycles. The van der Waals surface area contributed by atoms with Crippen LogP contribution in [0.25, 0.3) is 5.65 Å². The fourth-order valence-corrected chi connectivity index (χ4v) is 2.62. The Labute approximate surface area is 146 Å². The van der Waals surface area contributed by atoms with Crippen molar-refractivity contribution in [3.63, 3.8) is 0 Å². The quantitative estimate of drug-likeness (QED) is 0.566. The highest BCUT2D eigenvalue weighted by Crippen LogP contribution is 2.17. The molecule has 0 aliphatic rings. The van der Waals surface area contributed by atoms with Crippen molar-refractivity contribution < 1.29 is 9.18 Å². The third-order valence-electron chi connectivity index (χ3n) is 3.33. The van der Waals surface area contributed by atoms with E-state index in [2.05, 4.69) is 15.5 Å². The number of aryl methyl sites for hydroxylation is 1. The minimum absolute atomic E-state index is 0.0948. The number of nitrogens with one attached hydrogen (secondary N) is 1. The Balaban J connectivity index is 1.87. The molecule has 3 rings (SSSR count). The van der Waals surface area contributed by atoms with Gasteiger partial charge in [-0.15, -0.1) is 0 Å². The molecular formula is C16H11Cl2FN4O. The first-order chi connectivity index (χ1) is 11.5. The topological polar surface area (TPSA) is 58.8 Å². The number of amides is 1. The van der Waals surface area contributed by atoms with Crippen LogP contribution in [0, 0.1) is 12.7 Å². The molecule has 3 aromatic rings. The van der Waals surface area contributed by atoms with Gasteiger partial charge in [0.1, 0.15) is 17.2 Å². The maximum absolute atomic E-state index is 13.6. The van der Waals surface area contributed by atoms with Crippen LogP contribution in [0.1, 0.15) is 21.7 Å². The lowest BCUT2D eigenvalue weighted by Crippen LogP contribution is -2.20. The molecule has 2 aromatic heterocycles. The first-order valence-corrected chi connectivity index (χ1v) is 7.64. The summed E-state index contributed by atoms with van der Waals surface area (Å²) in [5.41, 5.74) is 3.84. The Bertz CT molecular complexity index is 948. The maximum Gasteiger partial charge on any atom is 0.290 e. The Morgan fingerprint density at radius 3 is 2.88 bits per heavy atom. The van der Waals surface area contributed by atoms with Crippen molar-refractivity contribution in [2.45, 2.75) is 6.92 Å². The van der Waals surface area contributed by atoms with Crippen LogP contribution in [0.3, 0.4) is 0 Å². The molecule has 0 atom stereocenters. The van der Waals surface area contributed by atoms with Crippen molar-refractivity contribution in [3.8, 4) is 0 Å². The third kappa shape index (κ3) is 3.11. The van der Waals surface area contributed by atoms with E-state index in [9.17, 15) is 9.18 Å². The van der Waals surface area contributed by atoms with Gasteiger partial charge in [0.15, 0.2) is 0 Å². The number of pyridine rings is 1. The van der Waals surface area contributed by atoms with Gasteiger partial charge < -0.3 is 0 Å². The van der Waals surface area contributed by atoms with E-state index >= 15 is 0 Å². The molecule has 24 heavy (non-hydrogen) atoms. The van der Waals surface area contributed by atoms with Crippen LogP contribution in [0.4, 0.5) is 4.39 Å². The molecule has 122 valence electrons. The molecule has 5 nitrogen and oxygen atoms in total. The van der Waals surface area contributed by atoms with Crippen LogP contribution in [0.2, 0.25) is 10.0 Å². The number of carbonyl (C=O) groups excluding carboxylic acids is 1. The van der Waals surface area contributed by atoms with Gasteiger partial charge in [0, 0.05) is 11.8 Å². The highest BCUT2D eigenvalue weighted by molar-refractivity contribution is 6.33. The first kappa shape index (κ1) is 16.4. The Morgan fingerprint density at radius 2 is 2.12 bits per heavy atom. The second-order valence-electron chi connectivity index (χ2n) is 4.96. The normalized spacial score (nSPS) is 11.3. The summed E-state index contributed by atoms with van der Waals surface area (Å²) >= 11 is 11.8. The minimum atomic E-state index is -0.529. The molecule has 0 unspecified atom stereocenters. The summed E-state index contributed by atoms with van der Waals surface area (Å²) in [5.74, 6) is -1.02. The van der Waals surface area contributed by atoms with E-state index < -0.39 is 11.7 Å². The zero-order valence-corrected chi connectivity index (χ0v) is 13.9. The van der Waals surface area contributed by atoms with Gasteiger partial charge in [-0.1, -0.05) is 29.3 Å². The number of aromatic nitrogens is 2. The summed E-state index contributed by atoms with van der Waals surface area (Å²) in [4.78, 5) is 16.6. The van der Waals surface area contributed by atoms with Gasteiger partial charge in [0.25, 0.3) is 5.91 Å². The average Bonchev–Trinajstić information content (AvgIpc) is 2.85. The molecule has 0 radical (unpaired) electrons. The molecule has 1 amide bonds. The van der Waals surface area contributed by atoms with Crippen molar-refractivity contribution >= 4 is 41.0 Å². The number of nitrogens with zero attached hydrogens (tertiary/aromatic N) is 3. The molecular weight excluding hydrogens is 354 g/mol. The molecule has 0 aliphatic carbocycles. The zero-order chi connectivity index (χ0) is 17.3. The smallest absolute Gasteiger partial charge is 0.290 e. The van der Waals surface area contributed by atoms with Crippen LogP contribution < -0.4 is 5.43 Å². The average molecular weight is 365 g/mol. The number of benzene rings is 1. The summed E-state index contributed by atoms with van der Waals surface area (Å²) in [6.45, 7) is 1.70. The van der Waals surface area contributed by atoms with Crippen LogP contribution in [-0.4, -0.2) is 21.5 Å². The monoisotopic (exact) mass is 364 g/mol. The van der Waals surface area contributed by atoms with E-state index in [1.807, 2.05) is 0 Å². The minimum Gasteiger partial charge on any atom is -0.294 e. The molecule has 0 bridgehead atoms. The molecule has 1 aromatic carbocycles. The third-order valence-corrected chi connectivity index (χ3v) is 3.88. The highest BCUT2D eigenvalue weighted by atomic mass is 35.5. The number of hydrogen-bond acceptors (Lipinski definition) is 3. The van der Waals surface area contributed by atoms with Crippen molar-refractivity contribution in [2.24, 2.45) is 5.10 Å². The molecule has 0 fully saturated rings. The Kier molecular flexibility index (Phi) is 4.51. The Morgan fingerprint density at radius 1 is 1.33 bits per heavy atom. The lowest BCUT2D eigenvalue weighted by Gasteiger charge is -2.03. The summed E-state index contributed by atoms with van der Waals surface area (Å²) in [7, 11) is 0. The predicted molar refractivity (Wildman–Crippen MR) is 91.4 cm³/mol. The lowest BCUT2D eigenvalue weighted by atomic mass is 10.2. The molecule has 8 heteroatoms. The second kappa shape index (κ2) is 6.59. The van der Waals surface area contributed by atoms with E-state index in [1.165, 1.54) is 18.2 Å². The molecule has 0 saturated carbocycles. The van der Waals surface area contributed by atoms with Gasteiger partial charge in [0.05, 0.1) is 22.0 Å². The number of fused-ring (bicyclic) bond motifs is 1. The maximum atomic E-state index is 13.6. The highest BCUT2D eigenvalue weighted by Gasteiger charge is 2.16. The van der Waals surface area contributed by atoms with Crippen molar-refractivity contribution in [1.29, 1.82) is 0 Å². The Hall–Kier alpha value is -2.44. The van der Waals surface area contributed by atoms with Crippen molar-refractivity contribution in [3.05, 3.63) is 69.3 Å². The van der Waals surface area contributed by atoms with E-state index in [4.69, 9.17) is 23.2 Å². The van der Waals surface area contributed by atoms with Gasteiger partial charge in [-0.3, -0.25) is 9.20 Å². The van der Waals surface area contributed by atoms with Crippen LogP contribution >= 0.6 is 23.2 Å². The predicted octanol–water partition coefficient (Wildman–Crippen LogP) is 3.85. The summed E-state index contributed by atoms with van der Waals surface area (Å²) in [6.07, 6.45) is 2.74. The number of halogens is 3. The largest absolute Gasteiger partial charge is 0.294 e. The number of carbonyl (C=O) groups is 1. The van der Waals surface area contributed by atoms with E-state index in [1.54, 1.807) is 29.7 Å². The number of rotatable bonds is 3. The summed E-state index contributed by atoms with van der Waals surface area (Å²) in [6, 6.07) is 7.66. The fourth-order valence-electron chi connectivity index (χ4n) is 2.25. The van der Waals surface area contributed by atoms with Crippen LogP contribution in [-0.2, 0) is 0 Å². The van der Waals surface area contributed by atoms with Crippen molar-refractivity contribution in [1.82, 2.24) is 14.8 Å². The number of imidazole rings is 1. The molecule has 0 spiro atoms. The fraction of sp³-hybridized carbons (Fsp3) is 0.0625.